The summed E-state index contributed by atoms with van der Waals surface area (Å²) in [5, 5.41) is 0. The van der Waals surface area contributed by atoms with Gasteiger partial charge in [-0.3, -0.25) is 9.59 Å². The first kappa shape index (κ1) is 11.7. The van der Waals surface area contributed by atoms with Gasteiger partial charge in [0.1, 0.15) is 11.6 Å². The molecule has 4 nitrogen and oxygen atoms in total. The molecule has 4 heteroatoms. The maximum absolute atomic E-state index is 11.7. The molecule has 2 bridgehead atoms. The van der Waals surface area contributed by atoms with Crippen LogP contribution < -0.4 is 11.5 Å². The number of Topliss-reactive ketones (excluding diaryl/α,β-unsaturated/α-hetero) is 2. The summed E-state index contributed by atoms with van der Waals surface area (Å²) in [6, 6.07) is 0. The van der Waals surface area contributed by atoms with Crippen LogP contribution in [0.2, 0.25) is 0 Å². The van der Waals surface area contributed by atoms with Gasteiger partial charge < -0.3 is 11.5 Å². The molecule has 0 aromatic rings. The molecule has 4 atom stereocenters. The van der Waals surface area contributed by atoms with Gasteiger partial charge in [0, 0.05) is 11.8 Å². The Bertz CT molecular complexity index is 273. The highest BCUT2D eigenvalue weighted by molar-refractivity contribution is 5.85. The third-order valence-corrected chi connectivity index (χ3v) is 4.39. The zero-order valence-electron chi connectivity index (χ0n) is 9.52. The van der Waals surface area contributed by atoms with Gasteiger partial charge in [-0.05, 0) is 37.5 Å². The summed E-state index contributed by atoms with van der Waals surface area (Å²) >= 11 is 0. The number of fused-ring (bicyclic) bond motifs is 3. The Kier molecular flexibility index (Phi) is 3.40. The van der Waals surface area contributed by atoms with Gasteiger partial charge >= 0.3 is 0 Å². The molecule has 3 aliphatic rings. The highest BCUT2D eigenvalue weighted by atomic mass is 16.1. The Morgan fingerprint density at radius 1 is 0.875 bits per heavy atom. The molecule has 4 N–H and O–H groups in total. The highest BCUT2D eigenvalue weighted by Gasteiger charge is 2.45. The summed E-state index contributed by atoms with van der Waals surface area (Å²) in [4.78, 5) is 23.3. The van der Waals surface area contributed by atoms with Crippen molar-refractivity contribution in [3.8, 4) is 0 Å². The van der Waals surface area contributed by atoms with Crippen molar-refractivity contribution in [2.75, 3.05) is 13.1 Å². The predicted molar refractivity (Wildman–Crippen MR) is 60.6 cm³/mol. The molecular formula is C12H20N2O2. The van der Waals surface area contributed by atoms with Crippen molar-refractivity contribution in [1.82, 2.24) is 0 Å². The van der Waals surface area contributed by atoms with Gasteiger partial charge in [-0.25, -0.2) is 0 Å². The summed E-state index contributed by atoms with van der Waals surface area (Å²) in [6.45, 7) is 0.285. The van der Waals surface area contributed by atoms with Crippen molar-refractivity contribution in [1.29, 1.82) is 0 Å². The van der Waals surface area contributed by atoms with Gasteiger partial charge in [-0.15, -0.1) is 0 Å². The van der Waals surface area contributed by atoms with Crippen LogP contribution in [-0.4, -0.2) is 24.7 Å². The molecule has 0 aliphatic heterocycles. The molecule has 0 radical (unpaired) electrons. The van der Waals surface area contributed by atoms with Crippen LogP contribution in [0, 0.1) is 23.7 Å². The number of hydrogen-bond donors (Lipinski definition) is 2. The van der Waals surface area contributed by atoms with Gasteiger partial charge in [-0.2, -0.15) is 0 Å². The lowest BCUT2D eigenvalue weighted by atomic mass is 9.58. The zero-order valence-corrected chi connectivity index (χ0v) is 9.52. The van der Waals surface area contributed by atoms with Crippen LogP contribution in [0.4, 0.5) is 0 Å². The fraction of sp³-hybridized carbons (Fsp3) is 0.833. The van der Waals surface area contributed by atoms with Crippen LogP contribution in [0.1, 0.15) is 25.7 Å². The smallest absolute Gasteiger partial charge is 0.149 e. The molecule has 0 saturated heterocycles. The van der Waals surface area contributed by atoms with Gasteiger partial charge in [0.25, 0.3) is 0 Å². The third kappa shape index (κ3) is 1.92. The Labute approximate surface area is 95.7 Å². The van der Waals surface area contributed by atoms with E-state index in [9.17, 15) is 9.59 Å². The molecule has 0 aromatic heterocycles. The van der Waals surface area contributed by atoms with E-state index in [0.29, 0.717) is 11.8 Å². The van der Waals surface area contributed by atoms with Gasteiger partial charge in [-0.1, -0.05) is 0 Å². The highest BCUT2D eigenvalue weighted by Crippen LogP contribution is 2.48. The summed E-state index contributed by atoms with van der Waals surface area (Å²) in [5.41, 5.74) is 10.8. The van der Waals surface area contributed by atoms with Crippen LogP contribution in [0.5, 0.6) is 0 Å². The quantitative estimate of drug-likeness (QED) is 0.709. The Morgan fingerprint density at radius 3 is 1.50 bits per heavy atom. The maximum Gasteiger partial charge on any atom is 0.149 e. The second kappa shape index (κ2) is 4.63. The lowest BCUT2D eigenvalue weighted by molar-refractivity contribution is -0.135. The van der Waals surface area contributed by atoms with Crippen molar-refractivity contribution in [3.05, 3.63) is 0 Å². The van der Waals surface area contributed by atoms with E-state index in [0.717, 1.165) is 25.7 Å². The van der Waals surface area contributed by atoms with Crippen LogP contribution >= 0.6 is 0 Å². The summed E-state index contributed by atoms with van der Waals surface area (Å²) in [6.07, 6.45) is 3.87. The van der Waals surface area contributed by atoms with E-state index in [1.54, 1.807) is 0 Å². The lowest BCUT2D eigenvalue weighted by Gasteiger charge is -2.46. The van der Waals surface area contributed by atoms with Crippen LogP contribution in [0.15, 0.2) is 0 Å². The molecule has 0 aromatic carbocycles. The first-order valence-electron chi connectivity index (χ1n) is 6.13. The molecule has 3 aliphatic carbocycles. The molecule has 3 fully saturated rings. The molecular weight excluding hydrogens is 204 g/mol. The number of nitrogens with two attached hydrogens (primary N) is 2. The minimum absolute atomic E-state index is 0.116. The first-order valence-corrected chi connectivity index (χ1v) is 6.13. The Balaban J connectivity index is 2.06. The van der Waals surface area contributed by atoms with E-state index < -0.39 is 0 Å². The predicted octanol–water partition coefficient (Wildman–Crippen LogP) is 0.0944. The van der Waals surface area contributed by atoms with Gasteiger partial charge in [0.15, 0.2) is 0 Å². The molecule has 0 spiro atoms. The van der Waals surface area contributed by atoms with E-state index in [2.05, 4.69) is 0 Å². The summed E-state index contributed by atoms with van der Waals surface area (Å²) in [5.74, 6) is 1.33. The molecule has 3 saturated carbocycles. The molecule has 0 heterocycles. The number of carbonyl (C=O) groups is 2. The second-order valence-corrected chi connectivity index (χ2v) is 5.12. The standard InChI is InChI=1S/C12H20N2O2/c13-5-11(15)9-4-8-2-1-7(9)3-10(8)12(16)6-14/h7-10H,1-6,13-14H2. The molecule has 90 valence electrons. The number of hydrogen-bond acceptors (Lipinski definition) is 4. The summed E-state index contributed by atoms with van der Waals surface area (Å²) < 4.78 is 0. The van der Waals surface area contributed by atoms with Crippen molar-refractivity contribution in [2.24, 2.45) is 35.1 Å². The topological polar surface area (TPSA) is 86.2 Å². The number of rotatable bonds is 4. The average molecular weight is 224 g/mol. The molecule has 16 heavy (non-hydrogen) atoms. The second-order valence-electron chi connectivity index (χ2n) is 5.12. The lowest BCUT2D eigenvalue weighted by Crippen LogP contribution is -2.46. The molecule has 3 rings (SSSR count). The largest absolute Gasteiger partial charge is 0.324 e. The Morgan fingerprint density at radius 2 is 1.25 bits per heavy atom. The average Bonchev–Trinajstić information content (AvgIpc) is 2.37. The minimum atomic E-state index is 0.116. The van der Waals surface area contributed by atoms with Crippen molar-refractivity contribution in [2.45, 2.75) is 25.7 Å². The van der Waals surface area contributed by atoms with E-state index in [1.807, 2.05) is 0 Å². The normalized spacial score (nSPS) is 37.4. The van der Waals surface area contributed by atoms with E-state index in [1.165, 1.54) is 0 Å². The third-order valence-electron chi connectivity index (χ3n) is 4.39. The van der Waals surface area contributed by atoms with E-state index in [4.69, 9.17) is 11.5 Å². The fourth-order valence-electron chi connectivity index (χ4n) is 3.52. The van der Waals surface area contributed by atoms with Crippen LogP contribution in [-0.2, 0) is 9.59 Å². The molecule has 0 amide bonds. The molecule has 4 unspecified atom stereocenters. The Hall–Kier alpha value is -0.740. The van der Waals surface area contributed by atoms with Crippen LogP contribution in [0.25, 0.3) is 0 Å². The monoisotopic (exact) mass is 224 g/mol. The first-order chi connectivity index (χ1) is 7.67. The van der Waals surface area contributed by atoms with Gasteiger partial charge in [0.2, 0.25) is 0 Å². The zero-order chi connectivity index (χ0) is 11.7. The van der Waals surface area contributed by atoms with E-state index >= 15 is 0 Å². The van der Waals surface area contributed by atoms with E-state index in [-0.39, 0.29) is 36.5 Å². The fourth-order valence-corrected chi connectivity index (χ4v) is 3.52. The number of ketones is 2. The van der Waals surface area contributed by atoms with Gasteiger partial charge in [0.05, 0.1) is 13.1 Å². The number of carbonyl (C=O) groups excluding carboxylic acids is 2. The maximum atomic E-state index is 11.7. The van der Waals surface area contributed by atoms with Crippen LogP contribution in [0.3, 0.4) is 0 Å². The minimum Gasteiger partial charge on any atom is -0.324 e. The van der Waals surface area contributed by atoms with Crippen molar-refractivity contribution >= 4 is 11.6 Å². The van der Waals surface area contributed by atoms with Crippen molar-refractivity contribution in [3.63, 3.8) is 0 Å². The van der Waals surface area contributed by atoms with Crippen molar-refractivity contribution < 1.29 is 9.59 Å². The summed E-state index contributed by atoms with van der Waals surface area (Å²) in [7, 11) is 0. The SMILES string of the molecule is NCC(=O)C1CC2CCC1CC2C(=O)CN.